The molecule has 0 saturated carbocycles. The van der Waals surface area contributed by atoms with Crippen LogP contribution in [0.3, 0.4) is 0 Å². The predicted molar refractivity (Wildman–Crippen MR) is 72.2 cm³/mol. The first-order valence-corrected chi connectivity index (χ1v) is 6.59. The molecule has 1 aromatic carbocycles. The zero-order valence-electron chi connectivity index (χ0n) is 9.89. The van der Waals surface area contributed by atoms with Gasteiger partial charge in [0, 0.05) is 17.6 Å². The van der Waals surface area contributed by atoms with Gasteiger partial charge in [0.15, 0.2) is 0 Å². The van der Waals surface area contributed by atoms with Crippen molar-refractivity contribution < 1.29 is 0 Å². The smallest absolute Gasteiger partial charge is 0.101 e. The summed E-state index contributed by atoms with van der Waals surface area (Å²) < 4.78 is 0. The van der Waals surface area contributed by atoms with Gasteiger partial charge < -0.3 is 5.32 Å². The van der Waals surface area contributed by atoms with Gasteiger partial charge in [-0.1, -0.05) is 43.0 Å². The van der Waals surface area contributed by atoms with Crippen molar-refractivity contribution in [1.82, 2.24) is 10.3 Å². The van der Waals surface area contributed by atoms with Crippen molar-refractivity contribution in [2.24, 2.45) is 0 Å². The van der Waals surface area contributed by atoms with E-state index >= 15 is 0 Å². The largest absolute Gasteiger partial charge is 0.313 e. The summed E-state index contributed by atoms with van der Waals surface area (Å²) in [5, 5.41) is 4.40. The van der Waals surface area contributed by atoms with Crippen LogP contribution in [-0.4, -0.2) is 11.5 Å². The molecule has 1 heterocycles. The molecule has 0 radical (unpaired) electrons. The van der Waals surface area contributed by atoms with Crippen molar-refractivity contribution in [3.8, 4) is 0 Å². The second-order valence-electron chi connectivity index (χ2n) is 3.66. The van der Waals surface area contributed by atoms with E-state index in [1.807, 2.05) is 24.4 Å². The standard InChI is InChI=1S/C14H16N2S/c1-2-15-11-12-7-3-4-8-13(12)17-14-9-5-6-10-16-14/h3-10,15H,2,11H2,1H3. The van der Waals surface area contributed by atoms with Gasteiger partial charge in [-0.15, -0.1) is 0 Å². The molecule has 0 atom stereocenters. The number of nitrogens with one attached hydrogen (secondary N) is 1. The monoisotopic (exact) mass is 244 g/mol. The molecule has 0 spiro atoms. The quantitative estimate of drug-likeness (QED) is 0.873. The lowest BCUT2D eigenvalue weighted by atomic mass is 10.2. The fourth-order valence-corrected chi connectivity index (χ4v) is 2.43. The normalized spacial score (nSPS) is 10.4. The first kappa shape index (κ1) is 12.1. The molecule has 88 valence electrons. The van der Waals surface area contributed by atoms with E-state index in [-0.39, 0.29) is 0 Å². The third-order valence-corrected chi connectivity index (χ3v) is 3.46. The molecule has 0 fully saturated rings. The first-order chi connectivity index (χ1) is 8.40. The Labute approximate surface area is 106 Å². The lowest BCUT2D eigenvalue weighted by Gasteiger charge is -2.08. The Morgan fingerprint density at radius 3 is 2.71 bits per heavy atom. The number of nitrogens with zero attached hydrogens (tertiary/aromatic N) is 1. The van der Waals surface area contributed by atoms with Crippen molar-refractivity contribution in [3.63, 3.8) is 0 Å². The van der Waals surface area contributed by atoms with Crippen molar-refractivity contribution >= 4 is 11.8 Å². The van der Waals surface area contributed by atoms with E-state index in [2.05, 4.69) is 41.5 Å². The molecule has 1 N–H and O–H groups in total. The van der Waals surface area contributed by atoms with Gasteiger partial charge in [0.2, 0.25) is 0 Å². The number of aromatic nitrogens is 1. The molecule has 0 saturated heterocycles. The van der Waals surface area contributed by atoms with E-state index in [1.54, 1.807) is 11.8 Å². The summed E-state index contributed by atoms with van der Waals surface area (Å²) in [6.45, 7) is 4.02. The maximum atomic E-state index is 4.34. The highest BCUT2D eigenvalue weighted by atomic mass is 32.2. The van der Waals surface area contributed by atoms with Crippen LogP contribution in [0.15, 0.2) is 58.6 Å². The number of pyridine rings is 1. The Bertz CT molecular complexity index is 457. The van der Waals surface area contributed by atoms with Crippen molar-refractivity contribution in [2.45, 2.75) is 23.4 Å². The minimum Gasteiger partial charge on any atom is -0.313 e. The topological polar surface area (TPSA) is 24.9 Å². The van der Waals surface area contributed by atoms with Gasteiger partial charge >= 0.3 is 0 Å². The molecule has 0 aliphatic rings. The zero-order chi connectivity index (χ0) is 11.9. The Morgan fingerprint density at radius 1 is 1.12 bits per heavy atom. The van der Waals surface area contributed by atoms with Crippen LogP contribution in [0, 0.1) is 0 Å². The Balaban J connectivity index is 2.15. The molecule has 17 heavy (non-hydrogen) atoms. The summed E-state index contributed by atoms with van der Waals surface area (Å²) in [5.41, 5.74) is 1.32. The highest BCUT2D eigenvalue weighted by molar-refractivity contribution is 7.99. The van der Waals surface area contributed by atoms with Crippen molar-refractivity contribution in [2.75, 3.05) is 6.54 Å². The fraction of sp³-hybridized carbons (Fsp3) is 0.214. The van der Waals surface area contributed by atoms with E-state index < -0.39 is 0 Å². The second kappa shape index (κ2) is 6.42. The number of rotatable bonds is 5. The molecule has 0 bridgehead atoms. The SMILES string of the molecule is CCNCc1ccccc1Sc1ccccn1. The van der Waals surface area contributed by atoms with E-state index in [9.17, 15) is 0 Å². The number of hydrogen-bond acceptors (Lipinski definition) is 3. The van der Waals surface area contributed by atoms with Crippen LogP contribution in [0.5, 0.6) is 0 Å². The third-order valence-electron chi connectivity index (χ3n) is 2.39. The summed E-state index contributed by atoms with van der Waals surface area (Å²) in [7, 11) is 0. The van der Waals surface area contributed by atoms with Gasteiger partial charge in [0.25, 0.3) is 0 Å². The average molecular weight is 244 g/mol. The molecule has 0 amide bonds. The van der Waals surface area contributed by atoms with Gasteiger partial charge in [-0.2, -0.15) is 0 Å². The van der Waals surface area contributed by atoms with E-state index in [0.717, 1.165) is 18.1 Å². The zero-order valence-corrected chi connectivity index (χ0v) is 10.7. The lowest BCUT2D eigenvalue weighted by Crippen LogP contribution is -2.12. The van der Waals surface area contributed by atoms with Crippen molar-refractivity contribution in [3.05, 3.63) is 54.2 Å². The van der Waals surface area contributed by atoms with E-state index in [1.165, 1.54) is 10.5 Å². The summed E-state index contributed by atoms with van der Waals surface area (Å²) in [4.78, 5) is 5.61. The van der Waals surface area contributed by atoms with Crippen LogP contribution in [-0.2, 0) is 6.54 Å². The fourth-order valence-electron chi connectivity index (χ4n) is 1.53. The Hall–Kier alpha value is -1.32. The molecule has 0 aliphatic heterocycles. The van der Waals surface area contributed by atoms with Gasteiger partial charge in [-0.25, -0.2) is 4.98 Å². The summed E-state index contributed by atoms with van der Waals surface area (Å²) in [6, 6.07) is 14.4. The molecule has 2 aromatic rings. The third kappa shape index (κ3) is 3.58. The second-order valence-corrected chi connectivity index (χ2v) is 4.72. The molecular formula is C14H16N2S. The van der Waals surface area contributed by atoms with Crippen LogP contribution in [0.2, 0.25) is 0 Å². The molecule has 2 rings (SSSR count). The Morgan fingerprint density at radius 2 is 1.94 bits per heavy atom. The summed E-state index contributed by atoms with van der Waals surface area (Å²) >= 11 is 1.71. The van der Waals surface area contributed by atoms with Crippen molar-refractivity contribution in [1.29, 1.82) is 0 Å². The van der Waals surface area contributed by atoms with Crippen LogP contribution in [0.4, 0.5) is 0 Å². The van der Waals surface area contributed by atoms with Gasteiger partial charge in [-0.3, -0.25) is 0 Å². The maximum Gasteiger partial charge on any atom is 0.101 e. The average Bonchev–Trinajstić information content (AvgIpc) is 2.39. The highest BCUT2D eigenvalue weighted by Crippen LogP contribution is 2.28. The Kier molecular flexibility index (Phi) is 4.59. The molecule has 2 nitrogen and oxygen atoms in total. The van der Waals surface area contributed by atoms with Crippen LogP contribution < -0.4 is 5.32 Å². The van der Waals surface area contributed by atoms with Gasteiger partial charge in [0.1, 0.15) is 5.03 Å². The predicted octanol–water partition coefficient (Wildman–Crippen LogP) is 3.34. The van der Waals surface area contributed by atoms with Gasteiger partial charge in [-0.05, 0) is 30.3 Å². The summed E-state index contributed by atoms with van der Waals surface area (Å²) in [6.07, 6.45) is 1.83. The minimum atomic E-state index is 0.909. The first-order valence-electron chi connectivity index (χ1n) is 5.77. The number of benzene rings is 1. The molecule has 1 aromatic heterocycles. The van der Waals surface area contributed by atoms with Crippen LogP contribution >= 0.6 is 11.8 Å². The number of hydrogen-bond donors (Lipinski definition) is 1. The molecule has 0 aliphatic carbocycles. The highest BCUT2D eigenvalue weighted by Gasteiger charge is 2.03. The van der Waals surface area contributed by atoms with E-state index in [0.29, 0.717) is 0 Å². The molecular weight excluding hydrogens is 228 g/mol. The molecule has 3 heteroatoms. The lowest BCUT2D eigenvalue weighted by molar-refractivity contribution is 0.718. The van der Waals surface area contributed by atoms with Crippen LogP contribution in [0.25, 0.3) is 0 Å². The van der Waals surface area contributed by atoms with E-state index in [4.69, 9.17) is 0 Å². The molecule has 0 unspecified atom stereocenters. The maximum absolute atomic E-state index is 4.34. The van der Waals surface area contributed by atoms with Crippen LogP contribution in [0.1, 0.15) is 12.5 Å². The summed E-state index contributed by atoms with van der Waals surface area (Å²) in [5.74, 6) is 0. The van der Waals surface area contributed by atoms with Gasteiger partial charge in [0.05, 0.1) is 0 Å². The minimum absolute atomic E-state index is 0.909.